The molecule has 1 aliphatic rings. The van der Waals surface area contributed by atoms with Gasteiger partial charge in [-0.25, -0.2) is 0 Å². The quantitative estimate of drug-likeness (QED) is 0.844. The smallest absolute Gasteiger partial charge is 0.230 e. The van der Waals surface area contributed by atoms with E-state index < -0.39 is 0 Å². The Labute approximate surface area is 166 Å². The molecule has 0 aromatic heterocycles. The molecule has 3 rings (SSSR count). The maximum absolute atomic E-state index is 13.0. The molecule has 1 saturated carbocycles. The van der Waals surface area contributed by atoms with Gasteiger partial charge in [0.25, 0.3) is 0 Å². The molecule has 144 valence electrons. The highest BCUT2D eigenvalue weighted by molar-refractivity contribution is 5.96. The minimum absolute atomic E-state index is 0.0311. The van der Waals surface area contributed by atoms with Crippen molar-refractivity contribution in [2.75, 3.05) is 16.8 Å². The summed E-state index contributed by atoms with van der Waals surface area (Å²) >= 11 is 0. The summed E-state index contributed by atoms with van der Waals surface area (Å²) in [6.45, 7) is 2.62. The van der Waals surface area contributed by atoms with Crippen LogP contribution in [0.25, 0.3) is 0 Å². The van der Waals surface area contributed by atoms with Crippen molar-refractivity contribution in [2.45, 2.75) is 32.6 Å². The zero-order valence-electron chi connectivity index (χ0n) is 16.1. The average Bonchev–Trinajstić information content (AvgIpc) is 2.75. The van der Waals surface area contributed by atoms with Gasteiger partial charge in [0, 0.05) is 29.8 Å². The van der Waals surface area contributed by atoms with Crippen LogP contribution < -0.4 is 10.2 Å². The van der Waals surface area contributed by atoms with Crippen molar-refractivity contribution in [3.05, 3.63) is 60.2 Å². The highest BCUT2D eigenvalue weighted by Gasteiger charge is 2.32. The van der Waals surface area contributed by atoms with E-state index in [1.54, 1.807) is 24.3 Å². The molecule has 0 radical (unpaired) electrons. The van der Waals surface area contributed by atoms with Crippen LogP contribution in [-0.4, -0.2) is 18.4 Å². The number of carbonyl (C=O) groups is 2. The van der Waals surface area contributed by atoms with Crippen LogP contribution in [0.5, 0.6) is 0 Å². The Kier molecular flexibility index (Phi) is 6.44. The van der Waals surface area contributed by atoms with Crippen LogP contribution in [0.3, 0.4) is 0 Å². The second kappa shape index (κ2) is 9.18. The van der Waals surface area contributed by atoms with Gasteiger partial charge in [0.2, 0.25) is 11.8 Å². The van der Waals surface area contributed by atoms with Crippen molar-refractivity contribution >= 4 is 23.2 Å². The Morgan fingerprint density at radius 1 is 1.04 bits per heavy atom. The first-order valence-corrected chi connectivity index (χ1v) is 9.79. The summed E-state index contributed by atoms with van der Waals surface area (Å²) in [6, 6.07) is 18.7. The SMILES string of the molecule is CCN(C(=O)C1CCC(C(=O)Nc2cccc(C#N)c2)CC1)c1ccccc1. The van der Waals surface area contributed by atoms with Crippen molar-refractivity contribution in [3.8, 4) is 6.07 Å². The third kappa shape index (κ3) is 4.58. The molecule has 2 amide bonds. The number of nitriles is 1. The molecule has 1 N–H and O–H groups in total. The molecule has 2 aromatic rings. The Morgan fingerprint density at radius 2 is 1.71 bits per heavy atom. The molecule has 5 nitrogen and oxygen atoms in total. The van der Waals surface area contributed by atoms with Crippen LogP contribution >= 0.6 is 0 Å². The maximum Gasteiger partial charge on any atom is 0.230 e. The monoisotopic (exact) mass is 375 g/mol. The van der Waals surface area contributed by atoms with Crippen LogP contribution in [0.4, 0.5) is 11.4 Å². The minimum atomic E-state index is -0.0957. The van der Waals surface area contributed by atoms with Crippen LogP contribution in [0.15, 0.2) is 54.6 Å². The first kappa shape index (κ1) is 19.6. The van der Waals surface area contributed by atoms with Gasteiger partial charge in [-0.3, -0.25) is 9.59 Å². The van der Waals surface area contributed by atoms with Crippen LogP contribution in [-0.2, 0) is 9.59 Å². The summed E-state index contributed by atoms with van der Waals surface area (Å²) in [4.78, 5) is 27.4. The van der Waals surface area contributed by atoms with E-state index in [1.165, 1.54) is 0 Å². The lowest BCUT2D eigenvalue weighted by Crippen LogP contribution is -2.39. The van der Waals surface area contributed by atoms with Gasteiger partial charge >= 0.3 is 0 Å². The van der Waals surface area contributed by atoms with Gasteiger partial charge in [-0.2, -0.15) is 5.26 Å². The molecule has 0 atom stereocenters. The summed E-state index contributed by atoms with van der Waals surface area (Å²) in [5.41, 5.74) is 2.09. The van der Waals surface area contributed by atoms with E-state index in [-0.39, 0.29) is 23.7 Å². The molecule has 0 unspecified atom stereocenters. The standard InChI is InChI=1S/C23H25N3O2/c1-2-26(21-9-4-3-5-10-21)23(28)19-13-11-18(12-14-19)22(27)25-20-8-6-7-17(15-20)16-24/h3-10,15,18-19H,2,11-14H2,1H3,(H,25,27). The van der Waals surface area contributed by atoms with Gasteiger partial charge in [-0.05, 0) is 62.9 Å². The Balaban J connectivity index is 1.57. The normalized spacial score (nSPS) is 18.7. The largest absolute Gasteiger partial charge is 0.326 e. The second-order valence-corrected chi connectivity index (χ2v) is 7.15. The third-order valence-electron chi connectivity index (χ3n) is 5.36. The number of hydrogen-bond donors (Lipinski definition) is 1. The number of hydrogen-bond acceptors (Lipinski definition) is 3. The summed E-state index contributed by atoms with van der Waals surface area (Å²) in [5, 5.41) is 11.9. The third-order valence-corrected chi connectivity index (χ3v) is 5.36. The van der Waals surface area contributed by atoms with Crippen molar-refractivity contribution < 1.29 is 9.59 Å². The minimum Gasteiger partial charge on any atom is -0.326 e. The molecule has 0 bridgehead atoms. The Morgan fingerprint density at radius 3 is 2.36 bits per heavy atom. The van der Waals surface area contributed by atoms with Gasteiger partial charge in [-0.15, -0.1) is 0 Å². The summed E-state index contributed by atoms with van der Waals surface area (Å²) in [7, 11) is 0. The fraction of sp³-hybridized carbons (Fsp3) is 0.348. The lowest BCUT2D eigenvalue weighted by atomic mass is 9.80. The molecule has 28 heavy (non-hydrogen) atoms. The van der Waals surface area contributed by atoms with Crippen LogP contribution in [0, 0.1) is 23.2 Å². The highest BCUT2D eigenvalue weighted by atomic mass is 16.2. The topological polar surface area (TPSA) is 73.2 Å². The molecule has 0 heterocycles. The van der Waals surface area contributed by atoms with E-state index in [4.69, 9.17) is 5.26 Å². The van der Waals surface area contributed by atoms with E-state index in [9.17, 15) is 9.59 Å². The zero-order chi connectivity index (χ0) is 19.9. The molecule has 1 fully saturated rings. The first-order chi connectivity index (χ1) is 13.6. The van der Waals surface area contributed by atoms with Gasteiger partial charge in [0.15, 0.2) is 0 Å². The Hall–Kier alpha value is -3.13. The molecular weight excluding hydrogens is 350 g/mol. The van der Waals surface area contributed by atoms with E-state index in [0.29, 0.717) is 30.6 Å². The number of rotatable bonds is 5. The number of nitrogens with one attached hydrogen (secondary N) is 1. The predicted molar refractivity (Wildman–Crippen MR) is 110 cm³/mol. The zero-order valence-corrected chi connectivity index (χ0v) is 16.1. The maximum atomic E-state index is 13.0. The fourth-order valence-corrected chi connectivity index (χ4v) is 3.81. The van der Waals surface area contributed by atoms with Gasteiger partial charge in [0.05, 0.1) is 11.6 Å². The van der Waals surface area contributed by atoms with Crippen molar-refractivity contribution in [3.63, 3.8) is 0 Å². The van der Waals surface area contributed by atoms with Crippen LogP contribution in [0.1, 0.15) is 38.2 Å². The number of amides is 2. The first-order valence-electron chi connectivity index (χ1n) is 9.79. The molecular formula is C23H25N3O2. The number of carbonyl (C=O) groups excluding carboxylic acids is 2. The summed E-state index contributed by atoms with van der Waals surface area (Å²) in [6.07, 6.45) is 2.84. The van der Waals surface area contributed by atoms with Gasteiger partial charge < -0.3 is 10.2 Å². The molecule has 0 aliphatic heterocycles. The van der Waals surface area contributed by atoms with E-state index in [0.717, 1.165) is 18.5 Å². The number of anilines is 2. The fourth-order valence-electron chi connectivity index (χ4n) is 3.81. The van der Waals surface area contributed by atoms with E-state index >= 15 is 0 Å². The number of benzene rings is 2. The van der Waals surface area contributed by atoms with Crippen molar-refractivity contribution in [1.29, 1.82) is 5.26 Å². The molecule has 5 heteroatoms. The molecule has 1 aliphatic carbocycles. The van der Waals surface area contributed by atoms with E-state index in [1.807, 2.05) is 42.2 Å². The summed E-state index contributed by atoms with van der Waals surface area (Å²) in [5.74, 6) is -0.0154. The van der Waals surface area contributed by atoms with Crippen LogP contribution in [0.2, 0.25) is 0 Å². The second-order valence-electron chi connectivity index (χ2n) is 7.15. The number of nitrogens with zero attached hydrogens (tertiary/aromatic N) is 2. The molecule has 0 spiro atoms. The lowest BCUT2D eigenvalue weighted by molar-refractivity contribution is -0.126. The molecule has 0 saturated heterocycles. The summed E-state index contributed by atoms with van der Waals surface area (Å²) < 4.78 is 0. The lowest BCUT2D eigenvalue weighted by Gasteiger charge is -2.31. The predicted octanol–water partition coefficient (Wildman–Crippen LogP) is 4.36. The van der Waals surface area contributed by atoms with Crippen molar-refractivity contribution in [2.24, 2.45) is 11.8 Å². The number of para-hydroxylation sites is 1. The van der Waals surface area contributed by atoms with Gasteiger partial charge in [0.1, 0.15) is 0 Å². The molecule has 2 aromatic carbocycles. The average molecular weight is 375 g/mol. The van der Waals surface area contributed by atoms with E-state index in [2.05, 4.69) is 11.4 Å². The van der Waals surface area contributed by atoms with Crippen molar-refractivity contribution in [1.82, 2.24) is 0 Å². The Bertz CT molecular complexity index is 865. The van der Waals surface area contributed by atoms with Gasteiger partial charge in [-0.1, -0.05) is 24.3 Å². The highest BCUT2D eigenvalue weighted by Crippen LogP contribution is 2.32.